The lowest BCUT2D eigenvalue weighted by molar-refractivity contribution is 0.0696. The molecule has 2 amide bonds. The number of anilines is 2. The molecule has 21 heavy (non-hydrogen) atoms. The highest BCUT2D eigenvalue weighted by Crippen LogP contribution is 2.22. The Kier molecular flexibility index (Phi) is 4.34. The number of nitrogens with zero attached hydrogens (tertiary/aromatic N) is 1. The number of hydrogen-bond acceptors (Lipinski definition) is 3. The van der Waals surface area contributed by atoms with Crippen molar-refractivity contribution in [2.45, 2.75) is 0 Å². The molecule has 0 atom stereocenters. The first kappa shape index (κ1) is 14.7. The van der Waals surface area contributed by atoms with Gasteiger partial charge in [0.05, 0.1) is 28.2 Å². The van der Waals surface area contributed by atoms with Crippen LogP contribution in [0.1, 0.15) is 10.4 Å². The predicted octanol–water partition coefficient (Wildman–Crippen LogP) is 3.22. The Labute approximate surface area is 123 Å². The third-order valence-electron chi connectivity index (χ3n) is 2.42. The third kappa shape index (κ3) is 3.90. The normalized spacial score (nSPS) is 10.0. The molecule has 0 bridgehead atoms. The fourth-order valence-electron chi connectivity index (χ4n) is 1.50. The van der Waals surface area contributed by atoms with Crippen molar-refractivity contribution >= 4 is 35.0 Å². The standard InChI is InChI=1S/C13H9ClFN3O3/c14-10-2-1-8(15)4-11(10)18-13(21)17-9-3-7(12(19)20)5-16-6-9/h1-6H,(H,19,20)(H2,17,18,21). The number of benzene rings is 1. The van der Waals surface area contributed by atoms with Crippen LogP contribution in [-0.4, -0.2) is 22.1 Å². The Morgan fingerprint density at radius 1 is 1.19 bits per heavy atom. The Hall–Kier alpha value is -2.67. The summed E-state index contributed by atoms with van der Waals surface area (Å²) in [5.41, 5.74) is 0.202. The van der Waals surface area contributed by atoms with E-state index in [0.29, 0.717) is 0 Å². The highest BCUT2D eigenvalue weighted by atomic mass is 35.5. The van der Waals surface area contributed by atoms with Crippen LogP contribution in [0.15, 0.2) is 36.7 Å². The number of carbonyl (C=O) groups excluding carboxylic acids is 1. The minimum Gasteiger partial charge on any atom is -0.478 e. The van der Waals surface area contributed by atoms with E-state index in [2.05, 4.69) is 15.6 Å². The number of nitrogens with one attached hydrogen (secondary N) is 2. The minimum atomic E-state index is -1.17. The Bertz CT molecular complexity index is 709. The van der Waals surface area contributed by atoms with Gasteiger partial charge in [0.2, 0.25) is 0 Å². The zero-order valence-corrected chi connectivity index (χ0v) is 11.2. The molecule has 1 aromatic carbocycles. The second-order valence-electron chi connectivity index (χ2n) is 3.97. The van der Waals surface area contributed by atoms with Gasteiger partial charge < -0.3 is 15.7 Å². The maximum absolute atomic E-state index is 13.1. The number of amides is 2. The van der Waals surface area contributed by atoms with Gasteiger partial charge in [-0.25, -0.2) is 14.0 Å². The highest BCUT2D eigenvalue weighted by molar-refractivity contribution is 6.33. The number of rotatable bonds is 3. The van der Waals surface area contributed by atoms with Gasteiger partial charge >= 0.3 is 12.0 Å². The van der Waals surface area contributed by atoms with E-state index < -0.39 is 17.8 Å². The lowest BCUT2D eigenvalue weighted by Crippen LogP contribution is -2.20. The zero-order chi connectivity index (χ0) is 15.4. The third-order valence-corrected chi connectivity index (χ3v) is 2.75. The van der Waals surface area contributed by atoms with Gasteiger partial charge in [-0.05, 0) is 24.3 Å². The summed E-state index contributed by atoms with van der Waals surface area (Å²) >= 11 is 5.81. The maximum atomic E-state index is 13.1. The lowest BCUT2D eigenvalue weighted by atomic mass is 10.2. The summed E-state index contributed by atoms with van der Waals surface area (Å²) in [6.07, 6.45) is 2.42. The Morgan fingerprint density at radius 3 is 2.67 bits per heavy atom. The number of halogens is 2. The first-order chi connectivity index (χ1) is 9.95. The summed E-state index contributed by atoms with van der Waals surface area (Å²) < 4.78 is 13.1. The SMILES string of the molecule is O=C(Nc1cncc(C(=O)O)c1)Nc1cc(F)ccc1Cl. The van der Waals surface area contributed by atoms with Crippen molar-refractivity contribution in [3.05, 3.63) is 53.1 Å². The van der Waals surface area contributed by atoms with Crippen molar-refractivity contribution < 1.29 is 19.1 Å². The smallest absolute Gasteiger partial charge is 0.337 e. The molecular weight excluding hydrogens is 301 g/mol. The first-order valence-electron chi connectivity index (χ1n) is 5.67. The van der Waals surface area contributed by atoms with Gasteiger partial charge in [-0.1, -0.05) is 11.6 Å². The number of urea groups is 1. The fourth-order valence-corrected chi connectivity index (χ4v) is 1.67. The molecule has 6 nitrogen and oxygen atoms in total. The maximum Gasteiger partial charge on any atom is 0.337 e. The summed E-state index contributed by atoms with van der Waals surface area (Å²) in [4.78, 5) is 26.2. The molecule has 0 unspecified atom stereocenters. The average molecular weight is 310 g/mol. The lowest BCUT2D eigenvalue weighted by Gasteiger charge is -2.09. The van der Waals surface area contributed by atoms with E-state index >= 15 is 0 Å². The molecule has 1 heterocycles. The molecule has 1 aromatic heterocycles. The summed E-state index contributed by atoms with van der Waals surface area (Å²) in [5.74, 6) is -1.72. The molecule has 0 aliphatic carbocycles. The molecule has 3 N–H and O–H groups in total. The zero-order valence-electron chi connectivity index (χ0n) is 10.4. The van der Waals surface area contributed by atoms with Gasteiger partial charge in [0.25, 0.3) is 0 Å². The van der Waals surface area contributed by atoms with Gasteiger partial charge in [-0.3, -0.25) is 4.98 Å². The van der Waals surface area contributed by atoms with Crippen LogP contribution < -0.4 is 10.6 Å². The van der Waals surface area contributed by atoms with Crippen LogP contribution in [0.25, 0.3) is 0 Å². The monoisotopic (exact) mass is 309 g/mol. The summed E-state index contributed by atoms with van der Waals surface area (Å²) in [7, 11) is 0. The van der Waals surface area contributed by atoms with Crippen LogP contribution in [0.2, 0.25) is 5.02 Å². The molecule has 8 heteroatoms. The van der Waals surface area contributed by atoms with Crippen LogP contribution in [0.3, 0.4) is 0 Å². The second kappa shape index (κ2) is 6.19. The van der Waals surface area contributed by atoms with Gasteiger partial charge in [0, 0.05) is 6.20 Å². The van der Waals surface area contributed by atoms with E-state index in [4.69, 9.17) is 16.7 Å². The van der Waals surface area contributed by atoms with Crippen LogP contribution >= 0.6 is 11.6 Å². The van der Waals surface area contributed by atoms with Crippen LogP contribution in [0.4, 0.5) is 20.6 Å². The average Bonchev–Trinajstić information content (AvgIpc) is 2.43. The molecule has 2 rings (SSSR count). The summed E-state index contributed by atoms with van der Waals surface area (Å²) in [5, 5.41) is 13.7. The number of hydrogen-bond donors (Lipinski definition) is 3. The molecule has 0 saturated heterocycles. The van der Waals surface area contributed by atoms with Crippen molar-refractivity contribution in [1.29, 1.82) is 0 Å². The Morgan fingerprint density at radius 2 is 1.95 bits per heavy atom. The molecule has 108 valence electrons. The number of carboxylic acid groups (broad SMARTS) is 1. The topological polar surface area (TPSA) is 91.3 Å². The van der Waals surface area contributed by atoms with Crippen molar-refractivity contribution in [3.8, 4) is 0 Å². The van der Waals surface area contributed by atoms with Gasteiger partial charge in [0.1, 0.15) is 5.82 Å². The molecule has 0 saturated carbocycles. The number of aromatic nitrogens is 1. The fraction of sp³-hybridized carbons (Fsp3) is 0. The number of pyridine rings is 1. The number of carboxylic acids is 1. The highest BCUT2D eigenvalue weighted by Gasteiger charge is 2.09. The predicted molar refractivity (Wildman–Crippen MR) is 75.2 cm³/mol. The minimum absolute atomic E-state index is 0.0726. The quantitative estimate of drug-likeness (QED) is 0.812. The number of carbonyl (C=O) groups is 2. The first-order valence-corrected chi connectivity index (χ1v) is 6.05. The van der Waals surface area contributed by atoms with E-state index in [1.54, 1.807) is 0 Å². The number of aromatic carboxylic acids is 1. The van der Waals surface area contributed by atoms with Crippen molar-refractivity contribution in [2.24, 2.45) is 0 Å². The van der Waals surface area contributed by atoms with E-state index in [0.717, 1.165) is 18.3 Å². The van der Waals surface area contributed by atoms with Gasteiger partial charge in [-0.2, -0.15) is 0 Å². The molecule has 0 aliphatic heterocycles. The van der Waals surface area contributed by atoms with Gasteiger partial charge in [0.15, 0.2) is 0 Å². The van der Waals surface area contributed by atoms with E-state index in [-0.39, 0.29) is 22.0 Å². The second-order valence-corrected chi connectivity index (χ2v) is 4.38. The summed E-state index contributed by atoms with van der Waals surface area (Å²) in [6.45, 7) is 0. The van der Waals surface area contributed by atoms with Crippen molar-refractivity contribution in [3.63, 3.8) is 0 Å². The summed E-state index contributed by atoms with van der Waals surface area (Å²) in [6, 6.07) is 4.06. The van der Waals surface area contributed by atoms with Crippen molar-refractivity contribution in [2.75, 3.05) is 10.6 Å². The van der Waals surface area contributed by atoms with Crippen LogP contribution in [0.5, 0.6) is 0 Å². The van der Waals surface area contributed by atoms with E-state index in [1.807, 2.05) is 0 Å². The van der Waals surface area contributed by atoms with Crippen LogP contribution in [-0.2, 0) is 0 Å². The Balaban J connectivity index is 2.10. The van der Waals surface area contributed by atoms with E-state index in [1.165, 1.54) is 18.3 Å². The largest absolute Gasteiger partial charge is 0.478 e. The molecule has 0 spiro atoms. The molecule has 0 fully saturated rings. The van der Waals surface area contributed by atoms with Crippen LogP contribution in [0, 0.1) is 5.82 Å². The molecule has 0 aliphatic rings. The molecule has 2 aromatic rings. The molecular formula is C13H9ClFN3O3. The van der Waals surface area contributed by atoms with Gasteiger partial charge in [-0.15, -0.1) is 0 Å². The van der Waals surface area contributed by atoms with E-state index in [9.17, 15) is 14.0 Å². The van der Waals surface area contributed by atoms with Crippen molar-refractivity contribution in [1.82, 2.24) is 4.98 Å². The molecule has 0 radical (unpaired) electrons.